The summed E-state index contributed by atoms with van der Waals surface area (Å²) in [5.74, 6) is 0.497. The summed E-state index contributed by atoms with van der Waals surface area (Å²) in [5, 5.41) is 0. The molecule has 1 atom stereocenters. The van der Waals surface area contributed by atoms with Gasteiger partial charge in [-0.05, 0) is 38.3 Å². The fourth-order valence-electron chi connectivity index (χ4n) is 2.11. The Kier molecular flexibility index (Phi) is 4.86. The summed E-state index contributed by atoms with van der Waals surface area (Å²) < 4.78 is 36.0. The topological polar surface area (TPSA) is 29.3 Å². The second-order valence-electron chi connectivity index (χ2n) is 4.25. The Morgan fingerprint density at radius 2 is 2.07 bits per heavy atom. The molecule has 90 valence electrons. The lowest BCUT2D eigenvalue weighted by atomic mass is 9.95. The molecule has 1 rings (SSSR count). The van der Waals surface area contributed by atoms with Crippen molar-refractivity contribution >= 4 is 0 Å². The van der Waals surface area contributed by atoms with Crippen molar-refractivity contribution in [3.05, 3.63) is 0 Å². The highest BCUT2D eigenvalue weighted by Crippen LogP contribution is 2.23. The number of alkyl halides is 3. The molecule has 0 spiro atoms. The Hall–Kier alpha value is -0.290. The summed E-state index contributed by atoms with van der Waals surface area (Å²) in [7, 11) is 0. The molecule has 0 aromatic rings. The Morgan fingerprint density at radius 1 is 1.33 bits per heavy atom. The molecule has 15 heavy (non-hydrogen) atoms. The Balaban J connectivity index is 2.24. The fourth-order valence-corrected chi connectivity index (χ4v) is 2.11. The summed E-state index contributed by atoms with van der Waals surface area (Å²) in [6, 6.07) is 0. The molecule has 0 aromatic carbocycles. The van der Waals surface area contributed by atoms with Crippen molar-refractivity contribution in [2.75, 3.05) is 26.2 Å². The third kappa shape index (κ3) is 5.37. The normalized spacial score (nSPS) is 24.4. The van der Waals surface area contributed by atoms with Crippen LogP contribution in [0, 0.1) is 5.92 Å². The number of piperidine rings is 1. The van der Waals surface area contributed by atoms with E-state index in [1.165, 1.54) is 0 Å². The van der Waals surface area contributed by atoms with E-state index in [1.54, 1.807) is 0 Å². The largest absolute Gasteiger partial charge is 0.390 e. The third-order valence-electron chi connectivity index (χ3n) is 2.89. The number of hydrogen-bond acceptors (Lipinski definition) is 2. The first-order valence-corrected chi connectivity index (χ1v) is 5.50. The highest BCUT2D eigenvalue weighted by atomic mass is 19.4. The van der Waals surface area contributed by atoms with E-state index in [0.717, 1.165) is 32.4 Å². The molecule has 2 N–H and O–H groups in total. The monoisotopic (exact) mass is 224 g/mol. The predicted molar refractivity (Wildman–Crippen MR) is 53.5 cm³/mol. The zero-order valence-corrected chi connectivity index (χ0v) is 8.89. The van der Waals surface area contributed by atoms with Gasteiger partial charge in [0.25, 0.3) is 0 Å². The fraction of sp³-hybridized carbons (Fsp3) is 1.00. The van der Waals surface area contributed by atoms with Gasteiger partial charge in [0.05, 0.1) is 6.42 Å². The van der Waals surface area contributed by atoms with Crippen LogP contribution in [0.1, 0.15) is 25.7 Å². The quantitative estimate of drug-likeness (QED) is 0.791. The summed E-state index contributed by atoms with van der Waals surface area (Å²) >= 11 is 0. The van der Waals surface area contributed by atoms with Gasteiger partial charge >= 0.3 is 6.18 Å². The van der Waals surface area contributed by atoms with Crippen molar-refractivity contribution in [3.8, 4) is 0 Å². The van der Waals surface area contributed by atoms with Gasteiger partial charge in [0, 0.05) is 13.1 Å². The SMILES string of the molecule is NCCC1CCCN(CCC(F)(F)F)C1. The van der Waals surface area contributed by atoms with Crippen LogP contribution in [0.15, 0.2) is 0 Å². The van der Waals surface area contributed by atoms with Crippen LogP contribution in [0.2, 0.25) is 0 Å². The van der Waals surface area contributed by atoms with Gasteiger partial charge in [0.1, 0.15) is 0 Å². The van der Waals surface area contributed by atoms with E-state index in [4.69, 9.17) is 5.73 Å². The van der Waals surface area contributed by atoms with Gasteiger partial charge in [-0.2, -0.15) is 13.2 Å². The second kappa shape index (κ2) is 5.70. The summed E-state index contributed by atoms with van der Waals surface area (Å²) in [6.45, 7) is 2.37. The van der Waals surface area contributed by atoms with Crippen molar-refractivity contribution in [2.45, 2.75) is 31.9 Å². The van der Waals surface area contributed by atoms with E-state index >= 15 is 0 Å². The maximum Gasteiger partial charge on any atom is 0.390 e. The van der Waals surface area contributed by atoms with Crippen molar-refractivity contribution < 1.29 is 13.2 Å². The van der Waals surface area contributed by atoms with E-state index in [2.05, 4.69) is 0 Å². The molecule has 0 bridgehead atoms. The molecule has 5 heteroatoms. The van der Waals surface area contributed by atoms with Crippen LogP contribution in [-0.2, 0) is 0 Å². The molecule has 1 aliphatic rings. The van der Waals surface area contributed by atoms with E-state index in [0.29, 0.717) is 12.5 Å². The first-order valence-electron chi connectivity index (χ1n) is 5.50. The smallest absolute Gasteiger partial charge is 0.330 e. The first-order chi connectivity index (χ1) is 7.01. The molecule has 1 fully saturated rings. The van der Waals surface area contributed by atoms with Crippen LogP contribution in [-0.4, -0.2) is 37.3 Å². The molecular weight excluding hydrogens is 205 g/mol. The van der Waals surface area contributed by atoms with Crippen molar-refractivity contribution in [3.63, 3.8) is 0 Å². The molecule has 1 aliphatic heterocycles. The first kappa shape index (κ1) is 12.8. The number of nitrogens with two attached hydrogens (primary N) is 1. The maximum absolute atomic E-state index is 12.0. The number of likely N-dealkylation sites (tertiary alicyclic amines) is 1. The predicted octanol–water partition coefficient (Wildman–Crippen LogP) is 2.00. The van der Waals surface area contributed by atoms with E-state index in [1.807, 2.05) is 4.90 Å². The van der Waals surface area contributed by atoms with Gasteiger partial charge in [-0.15, -0.1) is 0 Å². The van der Waals surface area contributed by atoms with Crippen LogP contribution in [0.5, 0.6) is 0 Å². The van der Waals surface area contributed by atoms with Gasteiger partial charge < -0.3 is 10.6 Å². The molecule has 0 aliphatic carbocycles. The lowest BCUT2D eigenvalue weighted by molar-refractivity contribution is -0.138. The Labute approximate surface area is 88.6 Å². The second-order valence-corrected chi connectivity index (χ2v) is 4.25. The standard InChI is InChI=1S/C10H19F3N2/c11-10(12,13)4-7-15-6-1-2-9(8-15)3-5-14/h9H,1-8,14H2. The summed E-state index contributed by atoms with van der Waals surface area (Å²) in [6.07, 6.45) is -1.67. The van der Waals surface area contributed by atoms with Gasteiger partial charge in [0.2, 0.25) is 0 Å². The van der Waals surface area contributed by atoms with Gasteiger partial charge in [-0.1, -0.05) is 0 Å². The molecule has 1 heterocycles. The van der Waals surface area contributed by atoms with Crippen LogP contribution in [0.4, 0.5) is 13.2 Å². The Bertz CT molecular complexity index is 180. The van der Waals surface area contributed by atoms with Crippen LogP contribution >= 0.6 is 0 Å². The number of halogens is 3. The third-order valence-corrected chi connectivity index (χ3v) is 2.89. The molecule has 0 amide bonds. The molecule has 1 unspecified atom stereocenters. The zero-order chi connectivity index (χ0) is 11.3. The van der Waals surface area contributed by atoms with Crippen molar-refractivity contribution in [1.29, 1.82) is 0 Å². The molecular formula is C10H19F3N2. The average Bonchev–Trinajstić information content (AvgIpc) is 2.15. The van der Waals surface area contributed by atoms with Crippen LogP contribution in [0.3, 0.4) is 0 Å². The molecule has 0 aromatic heterocycles. The lowest BCUT2D eigenvalue weighted by Crippen LogP contribution is -2.38. The van der Waals surface area contributed by atoms with E-state index < -0.39 is 12.6 Å². The number of rotatable bonds is 4. The van der Waals surface area contributed by atoms with Gasteiger partial charge in [-0.25, -0.2) is 0 Å². The van der Waals surface area contributed by atoms with Gasteiger partial charge in [0.15, 0.2) is 0 Å². The minimum absolute atomic E-state index is 0.143. The lowest BCUT2D eigenvalue weighted by Gasteiger charge is -2.32. The minimum atomic E-state index is -4.03. The highest BCUT2D eigenvalue weighted by Gasteiger charge is 2.29. The van der Waals surface area contributed by atoms with Crippen LogP contribution < -0.4 is 5.73 Å². The number of nitrogens with zero attached hydrogens (tertiary/aromatic N) is 1. The van der Waals surface area contributed by atoms with E-state index in [-0.39, 0.29) is 6.54 Å². The molecule has 0 saturated carbocycles. The van der Waals surface area contributed by atoms with E-state index in [9.17, 15) is 13.2 Å². The number of hydrogen-bond donors (Lipinski definition) is 1. The van der Waals surface area contributed by atoms with Crippen molar-refractivity contribution in [1.82, 2.24) is 4.90 Å². The van der Waals surface area contributed by atoms with Crippen LogP contribution in [0.25, 0.3) is 0 Å². The van der Waals surface area contributed by atoms with Gasteiger partial charge in [-0.3, -0.25) is 0 Å². The molecule has 1 saturated heterocycles. The van der Waals surface area contributed by atoms with Crippen molar-refractivity contribution in [2.24, 2.45) is 11.7 Å². The zero-order valence-electron chi connectivity index (χ0n) is 8.89. The Morgan fingerprint density at radius 3 is 2.67 bits per heavy atom. The summed E-state index contributed by atoms with van der Waals surface area (Å²) in [4.78, 5) is 1.91. The average molecular weight is 224 g/mol. The maximum atomic E-state index is 12.0. The molecule has 0 radical (unpaired) electrons. The molecule has 2 nitrogen and oxygen atoms in total. The summed E-state index contributed by atoms with van der Waals surface area (Å²) in [5.41, 5.74) is 5.45. The minimum Gasteiger partial charge on any atom is -0.330 e. The highest BCUT2D eigenvalue weighted by molar-refractivity contribution is 4.73.